The van der Waals surface area contributed by atoms with Crippen molar-refractivity contribution < 1.29 is 0 Å². The van der Waals surface area contributed by atoms with Gasteiger partial charge in [-0.2, -0.15) is 0 Å². The van der Waals surface area contributed by atoms with Gasteiger partial charge >= 0.3 is 0 Å². The number of imidazole rings is 1. The molecule has 3 N–H and O–H groups in total. The Kier molecular flexibility index (Phi) is 2.52. The number of hydrogen-bond donors (Lipinski definition) is 2. The van der Waals surface area contributed by atoms with Gasteiger partial charge in [0.1, 0.15) is 5.82 Å². The highest BCUT2D eigenvalue weighted by atomic mass is 15.0. The van der Waals surface area contributed by atoms with Gasteiger partial charge in [0.25, 0.3) is 0 Å². The number of nitrogens with zero attached hydrogens (tertiary/aromatic N) is 1. The smallest absolute Gasteiger partial charge is 0.126 e. The molecule has 1 saturated carbocycles. The normalized spacial score (nSPS) is 17.1. The van der Waals surface area contributed by atoms with Gasteiger partial charge in [0, 0.05) is 0 Å². The average molecular weight is 241 g/mol. The topological polar surface area (TPSA) is 54.7 Å². The van der Waals surface area contributed by atoms with E-state index < -0.39 is 0 Å². The number of hydrogen-bond acceptors (Lipinski definition) is 2. The van der Waals surface area contributed by atoms with Gasteiger partial charge in [-0.1, -0.05) is 38.1 Å². The van der Waals surface area contributed by atoms with E-state index in [-0.39, 0.29) is 5.54 Å². The van der Waals surface area contributed by atoms with E-state index in [9.17, 15) is 0 Å². The molecule has 18 heavy (non-hydrogen) atoms. The Hall–Kier alpha value is -1.61. The lowest BCUT2D eigenvalue weighted by Gasteiger charge is -2.06. The van der Waals surface area contributed by atoms with Crippen molar-refractivity contribution in [3.05, 3.63) is 41.9 Å². The van der Waals surface area contributed by atoms with E-state index in [1.165, 1.54) is 11.1 Å². The molecule has 3 nitrogen and oxygen atoms in total. The fourth-order valence-corrected chi connectivity index (χ4v) is 2.14. The minimum absolute atomic E-state index is 0.184. The number of H-pyrrole nitrogens is 1. The van der Waals surface area contributed by atoms with Crippen LogP contribution in [-0.2, 0) is 5.54 Å². The highest BCUT2D eigenvalue weighted by Gasteiger charge is 2.42. The maximum absolute atomic E-state index is 6.13. The summed E-state index contributed by atoms with van der Waals surface area (Å²) in [5.74, 6) is 1.49. The van der Waals surface area contributed by atoms with Crippen molar-refractivity contribution in [1.82, 2.24) is 9.97 Å². The molecule has 1 aromatic carbocycles. The summed E-state index contributed by atoms with van der Waals surface area (Å²) < 4.78 is 0. The van der Waals surface area contributed by atoms with Crippen LogP contribution >= 0.6 is 0 Å². The molecule has 1 aliphatic rings. The van der Waals surface area contributed by atoms with Gasteiger partial charge in [-0.05, 0) is 29.9 Å². The molecule has 0 unspecified atom stereocenters. The first kappa shape index (κ1) is 11.5. The van der Waals surface area contributed by atoms with Crippen LogP contribution in [0.3, 0.4) is 0 Å². The Morgan fingerprint density at radius 3 is 2.44 bits per heavy atom. The van der Waals surface area contributed by atoms with Gasteiger partial charge in [-0.25, -0.2) is 4.98 Å². The third-order valence-corrected chi connectivity index (χ3v) is 3.72. The molecule has 0 spiro atoms. The Balaban J connectivity index is 1.88. The van der Waals surface area contributed by atoms with Crippen molar-refractivity contribution in [2.45, 2.75) is 38.1 Å². The Morgan fingerprint density at radius 2 is 1.89 bits per heavy atom. The van der Waals surface area contributed by atoms with Gasteiger partial charge in [-0.15, -0.1) is 0 Å². The fraction of sp³-hybridized carbons (Fsp3) is 0.400. The molecule has 0 atom stereocenters. The third kappa shape index (κ3) is 1.95. The number of nitrogens with two attached hydrogens (primary N) is 1. The van der Waals surface area contributed by atoms with Gasteiger partial charge in [0.05, 0.1) is 17.4 Å². The molecule has 0 saturated heterocycles. The average Bonchev–Trinajstić information content (AvgIpc) is 2.94. The zero-order valence-corrected chi connectivity index (χ0v) is 10.9. The predicted molar refractivity (Wildman–Crippen MR) is 73.2 cm³/mol. The monoisotopic (exact) mass is 241 g/mol. The number of rotatable bonds is 3. The number of aromatic nitrogens is 2. The summed E-state index contributed by atoms with van der Waals surface area (Å²) in [7, 11) is 0. The summed E-state index contributed by atoms with van der Waals surface area (Å²) in [6, 6.07) is 8.64. The molecule has 2 aromatic rings. The standard InChI is InChI=1S/C15H19N3/c1-10(2)11-3-5-12(6-4-11)13-9-17-14(18-13)15(16)7-8-15/h3-6,9-10H,7-8,16H2,1-2H3,(H,17,18). The van der Waals surface area contributed by atoms with Crippen molar-refractivity contribution in [2.24, 2.45) is 5.73 Å². The second-order valence-corrected chi connectivity index (χ2v) is 5.58. The van der Waals surface area contributed by atoms with E-state index in [4.69, 9.17) is 5.73 Å². The SMILES string of the molecule is CC(C)c1ccc(-c2cnc(C3(N)CC3)[nH]2)cc1. The Bertz CT molecular complexity index is 547. The third-order valence-electron chi connectivity index (χ3n) is 3.72. The molecule has 1 heterocycles. The van der Waals surface area contributed by atoms with Crippen LogP contribution in [0, 0.1) is 0 Å². The van der Waals surface area contributed by atoms with Crippen molar-refractivity contribution in [1.29, 1.82) is 0 Å². The minimum Gasteiger partial charge on any atom is -0.340 e. The Labute approximate surface area is 107 Å². The van der Waals surface area contributed by atoms with Crippen LogP contribution in [0.15, 0.2) is 30.5 Å². The summed E-state index contributed by atoms with van der Waals surface area (Å²) >= 11 is 0. The first-order valence-corrected chi connectivity index (χ1v) is 6.53. The summed E-state index contributed by atoms with van der Waals surface area (Å²) in [4.78, 5) is 7.75. The maximum Gasteiger partial charge on any atom is 0.126 e. The molecule has 1 aliphatic carbocycles. The van der Waals surface area contributed by atoms with Crippen molar-refractivity contribution in [3.63, 3.8) is 0 Å². The minimum atomic E-state index is -0.184. The summed E-state index contributed by atoms with van der Waals surface area (Å²) in [6.45, 7) is 4.41. The first-order chi connectivity index (χ1) is 8.58. The molecule has 0 amide bonds. The first-order valence-electron chi connectivity index (χ1n) is 6.53. The highest BCUT2D eigenvalue weighted by molar-refractivity contribution is 5.59. The zero-order valence-electron chi connectivity index (χ0n) is 10.9. The van der Waals surface area contributed by atoms with Gasteiger partial charge < -0.3 is 10.7 Å². The van der Waals surface area contributed by atoms with Crippen molar-refractivity contribution in [3.8, 4) is 11.3 Å². The predicted octanol–water partition coefficient (Wildman–Crippen LogP) is 3.15. The van der Waals surface area contributed by atoms with Crippen LogP contribution < -0.4 is 5.73 Å². The molecule has 3 heteroatoms. The molecule has 0 radical (unpaired) electrons. The molecule has 0 bridgehead atoms. The molecular weight excluding hydrogens is 222 g/mol. The summed E-state index contributed by atoms with van der Waals surface area (Å²) in [6.07, 6.45) is 3.95. The lowest BCUT2D eigenvalue weighted by Crippen LogP contribution is -2.20. The van der Waals surface area contributed by atoms with Crippen LogP contribution in [0.2, 0.25) is 0 Å². The number of benzene rings is 1. The largest absolute Gasteiger partial charge is 0.340 e. The zero-order chi connectivity index (χ0) is 12.8. The lowest BCUT2D eigenvalue weighted by molar-refractivity contribution is 0.685. The van der Waals surface area contributed by atoms with E-state index in [2.05, 4.69) is 48.1 Å². The second kappa shape index (κ2) is 3.95. The van der Waals surface area contributed by atoms with Crippen LogP contribution in [0.5, 0.6) is 0 Å². The van der Waals surface area contributed by atoms with Crippen LogP contribution in [0.4, 0.5) is 0 Å². The van der Waals surface area contributed by atoms with Crippen LogP contribution in [-0.4, -0.2) is 9.97 Å². The van der Waals surface area contributed by atoms with E-state index in [1.54, 1.807) is 0 Å². The van der Waals surface area contributed by atoms with Gasteiger partial charge in [-0.3, -0.25) is 0 Å². The quantitative estimate of drug-likeness (QED) is 0.867. The molecule has 1 fully saturated rings. The maximum atomic E-state index is 6.13. The second-order valence-electron chi connectivity index (χ2n) is 5.58. The van der Waals surface area contributed by atoms with E-state index in [0.29, 0.717) is 5.92 Å². The highest BCUT2D eigenvalue weighted by Crippen LogP contribution is 2.41. The number of nitrogens with one attached hydrogen (secondary N) is 1. The Morgan fingerprint density at radius 1 is 1.22 bits per heavy atom. The van der Waals surface area contributed by atoms with Gasteiger partial charge in [0.2, 0.25) is 0 Å². The van der Waals surface area contributed by atoms with Crippen molar-refractivity contribution >= 4 is 0 Å². The van der Waals surface area contributed by atoms with Crippen LogP contribution in [0.1, 0.15) is 44.0 Å². The summed E-state index contributed by atoms with van der Waals surface area (Å²) in [5.41, 5.74) is 9.52. The molecule has 1 aromatic heterocycles. The summed E-state index contributed by atoms with van der Waals surface area (Å²) in [5, 5.41) is 0. The molecule has 94 valence electrons. The van der Waals surface area contributed by atoms with Gasteiger partial charge in [0.15, 0.2) is 0 Å². The number of aromatic amines is 1. The van der Waals surface area contributed by atoms with E-state index >= 15 is 0 Å². The molecule has 0 aliphatic heterocycles. The fourth-order valence-electron chi connectivity index (χ4n) is 2.14. The molecule has 3 rings (SSSR count). The van der Waals surface area contributed by atoms with Crippen LogP contribution in [0.25, 0.3) is 11.3 Å². The molecular formula is C15H19N3. The van der Waals surface area contributed by atoms with E-state index in [0.717, 1.165) is 24.4 Å². The van der Waals surface area contributed by atoms with E-state index in [1.807, 2.05) is 6.20 Å². The van der Waals surface area contributed by atoms with Crippen molar-refractivity contribution in [2.75, 3.05) is 0 Å². The lowest BCUT2D eigenvalue weighted by atomic mass is 10.0.